The number of hydrogen-bond donors (Lipinski definition) is 0. The highest BCUT2D eigenvalue weighted by Crippen LogP contribution is 2.40. The number of halogens is 1. The van der Waals surface area contributed by atoms with Gasteiger partial charge in [0.15, 0.2) is 0 Å². The Balaban J connectivity index is 1.85. The topological polar surface area (TPSA) is 29.5 Å². The minimum absolute atomic E-state index is 0.0669. The lowest BCUT2D eigenvalue weighted by atomic mass is 10.1. The molecule has 0 aliphatic carbocycles. The highest BCUT2D eigenvalue weighted by atomic mass is 79.9. The second-order valence-corrected chi connectivity index (χ2v) is 14.1. The molecule has 0 bridgehead atoms. The van der Waals surface area contributed by atoms with Crippen LogP contribution >= 0.6 is 15.9 Å². The third-order valence-corrected chi connectivity index (χ3v) is 10.3. The summed E-state index contributed by atoms with van der Waals surface area (Å²) in [6, 6.07) is 14.1. The molecule has 0 spiro atoms. The summed E-state index contributed by atoms with van der Waals surface area (Å²) in [5.74, 6) is 0.814. The molecule has 2 aromatic carbocycles. The Labute approximate surface area is 165 Å². The van der Waals surface area contributed by atoms with Gasteiger partial charge in [-0.25, -0.2) is 0 Å². The van der Waals surface area contributed by atoms with Crippen LogP contribution in [0.2, 0.25) is 18.1 Å². The number of amides is 1. The van der Waals surface area contributed by atoms with Crippen molar-refractivity contribution in [1.29, 1.82) is 0 Å². The van der Waals surface area contributed by atoms with E-state index in [0.717, 1.165) is 26.9 Å². The average molecular weight is 432 g/mol. The third kappa shape index (κ3) is 3.74. The molecule has 0 saturated carbocycles. The van der Waals surface area contributed by atoms with Gasteiger partial charge in [0.05, 0.1) is 5.56 Å². The summed E-state index contributed by atoms with van der Waals surface area (Å²) < 4.78 is 7.52. The summed E-state index contributed by atoms with van der Waals surface area (Å²) in [5.41, 5.74) is 2.93. The van der Waals surface area contributed by atoms with Gasteiger partial charge in [-0.15, -0.1) is 0 Å². The van der Waals surface area contributed by atoms with Gasteiger partial charge in [-0.2, -0.15) is 0 Å². The zero-order valence-electron chi connectivity index (χ0n) is 16.1. The summed E-state index contributed by atoms with van der Waals surface area (Å²) >= 11 is 3.45. The summed E-state index contributed by atoms with van der Waals surface area (Å²) in [6.07, 6.45) is 0. The van der Waals surface area contributed by atoms with Crippen molar-refractivity contribution in [3.8, 4) is 5.75 Å². The standard InChI is InChI=1S/C21H26BrNO2Si/c1-21(2,3)26(4,5)25-18-8-6-7-16-14-23(20(24)19(16)18)13-15-9-11-17(22)12-10-15/h6-12H,13-14H2,1-5H3. The summed E-state index contributed by atoms with van der Waals surface area (Å²) in [4.78, 5) is 15.0. The van der Waals surface area contributed by atoms with Crippen LogP contribution < -0.4 is 4.43 Å². The molecule has 138 valence electrons. The number of hydrogen-bond acceptors (Lipinski definition) is 2. The quantitative estimate of drug-likeness (QED) is 0.556. The van der Waals surface area contributed by atoms with Crippen molar-refractivity contribution in [2.45, 2.75) is 52.0 Å². The highest BCUT2D eigenvalue weighted by Gasteiger charge is 2.41. The van der Waals surface area contributed by atoms with Crippen molar-refractivity contribution in [3.05, 3.63) is 63.6 Å². The molecule has 1 heterocycles. The van der Waals surface area contributed by atoms with Crippen LogP contribution in [0, 0.1) is 0 Å². The summed E-state index contributed by atoms with van der Waals surface area (Å²) in [5, 5.41) is 0.0918. The molecule has 1 aliphatic rings. The Morgan fingerprint density at radius 3 is 2.38 bits per heavy atom. The third-order valence-electron chi connectivity index (χ3n) is 5.43. The van der Waals surface area contributed by atoms with E-state index < -0.39 is 8.32 Å². The normalized spacial score (nSPS) is 14.5. The second kappa shape index (κ2) is 6.85. The SMILES string of the molecule is CC(C)(C)[Si](C)(C)Oc1cccc2c1C(=O)N(Cc1ccc(Br)cc1)C2. The van der Waals surface area contributed by atoms with Crippen LogP contribution in [0.25, 0.3) is 0 Å². The maximum absolute atomic E-state index is 13.1. The van der Waals surface area contributed by atoms with Crippen LogP contribution in [0.5, 0.6) is 5.75 Å². The smallest absolute Gasteiger partial charge is 0.258 e. The number of fused-ring (bicyclic) bond motifs is 1. The van der Waals surface area contributed by atoms with Gasteiger partial charge in [0.2, 0.25) is 0 Å². The maximum atomic E-state index is 13.1. The molecule has 3 nitrogen and oxygen atoms in total. The predicted octanol–water partition coefficient (Wildman–Crippen LogP) is 5.99. The van der Waals surface area contributed by atoms with Crippen LogP contribution in [0.3, 0.4) is 0 Å². The minimum atomic E-state index is -2.00. The van der Waals surface area contributed by atoms with Gasteiger partial charge < -0.3 is 9.33 Å². The summed E-state index contributed by atoms with van der Waals surface area (Å²) in [6.45, 7) is 12.3. The van der Waals surface area contributed by atoms with Crippen molar-refractivity contribution < 1.29 is 9.22 Å². The molecule has 2 aromatic rings. The van der Waals surface area contributed by atoms with E-state index >= 15 is 0 Å². The predicted molar refractivity (Wildman–Crippen MR) is 112 cm³/mol. The largest absolute Gasteiger partial charge is 0.543 e. The molecule has 0 N–H and O–H groups in total. The van der Waals surface area contributed by atoms with E-state index in [9.17, 15) is 4.79 Å². The lowest BCUT2D eigenvalue weighted by Crippen LogP contribution is -2.44. The van der Waals surface area contributed by atoms with Crippen molar-refractivity contribution >= 4 is 30.2 Å². The zero-order chi connectivity index (χ0) is 19.1. The van der Waals surface area contributed by atoms with Crippen molar-refractivity contribution in [2.24, 2.45) is 0 Å². The van der Waals surface area contributed by atoms with E-state index in [0.29, 0.717) is 13.1 Å². The average Bonchev–Trinajstić information content (AvgIpc) is 2.85. The number of carbonyl (C=O) groups excluding carboxylic acids is 1. The molecule has 3 rings (SSSR count). The Kier molecular flexibility index (Phi) is 5.06. The van der Waals surface area contributed by atoms with Gasteiger partial charge in [-0.05, 0) is 47.5 Å². The lowest BCUT2D eigenvalue weighted by molar-refractivity contribution is 0.0765. The van der Waals surface area contributed by atoms with Crippen molar-refractivity contribution in [1.82, 2.24) is 4.90 Å². The molecule has 0 radical (unpaired) electrons. The fourth-order valence-electron chi connectivity index (χ4n) is 2.84. The van der Waals surface area contributed by atoms with E-state index in [-0.39, 0.29) is 10.9 Å². The molecular weight excluding hydrogens is 406 g/mol. The first-order chi connectivity index (χ1) is 12.1. The monoisotopic (exact) mass is 431 g/mol. The second-order valence-electron chi connectivity index (χ2n) is 8.44. The Morgan fingerprint density at radius 1 is 1.12 bits per heavy atom. The fraction of sp³-hybridized carbons (Fsp3) is 0.381. The van der Waals surface area contributed by atoms with Gasteiger partial charge in [0, 0.05) is 17.6 Å². The fourth-order valence-corrected chi connectivity index (χ4v) is 4.13. The number of benzene rings is 2. The molecule has 1 aliphatic heterocycles. The first-order valence-corrected chi connectivity index (χ1v) is 12.6. The van der Waals surface area contributed by atoms with Crippen LogP contribution in [-0.2, 0) is 13.1 Å². The van der Waals surface area contributed by atoms with E-state index in [1.165, 1.54) is 0 Å². The number of nitrogens with zero attached hydrogens (tertiary/aromatic N) is 1. The molecule has 26 heavy (non-hydrogen) atoms. The van der Waals surface area contributed by atoms with E-state index in [1.807, 2.05) is 47.4 Å². The Hall–Kier alpha value is -1.59. The van der Waals surface area contributed by atoms with Gasteiger partial charge in [0.1, 0.15) is 5.75 Å². The minimum Gasteiger partial charge on any atom is -0.543 e. The molecule has 0 atom stereocenters. The van der Waals surface area contributed by atoms with Gasteiger partial charge in [-0.3, -0.25) is 4.79 Å². The van der Waals surface area contributed by atoms with E-state index in [1.54, 1.807) is 0 Å². The zero-order valence-corrected chi connectivity index (χ0v) is 18.7. The first kappa shape index (κ1) is 19.2. The van der Waals surface area contributed by atoms with E-state index in [2.05, 4.69) is 49.8 Å². The molecule has 5 heteroatoms. The first-order valence-electron chi connectivity index (χ1n) is 8.93. The molecule has 1 amide bonds. The van der Waals surface area contributed by atoms with Crippen LogP contribution in [0.15, 0.2) is 46.9 Å². The van der Waals surface area contributed by atoms with Crippen molar-refractivity contribution in [3.63, 3.8) is 0 Å². The number of rotatable bonds is 4. The van der Waals surface area contributed by atoms with Crippen molar-refractivity contribution in [2.75, 3.05) is 0 Å². The van der Waals surface area contributed by atoms with Crippen LogP contribution in [-0.4, -0.2) is 19.1 Å². The highest BCUT2D eigenvalue weighted by molar-refractivity contribution is 9.10. The Bertz CT molecular complexity index is 825. The number of carbonyl (C=O) groups is 1. The van der Waals surface area contributed by atoms with E-state index in [4.69, 9.17) is 4.43 Å². The molecule has 0 saturated heterocycles. The van der Waals surface area contributed by atoms with Crippen LogP contribution in [0.1, 0.15) is 42.3 Å². The molecule has 0 unspecified atom stereocenters. The van der Waals surface area contributed by atoms with Crippen LogP contribution in [0.4, 0.5) is 0 Å². The van der Waals surface area contributed by atoms with Gasteiger partial charge in [0.25, 0.3) is 14.2 Å². The molecule has 0 aromatic heterocycles. The molecular formula is C21H26BrNO2Si. The van der Waals surface area contributed by atoms with Gasteiger partial charge >= 0.3 is 0 Å². The summed E-state index contributed by atoms with van der Waals surface area (Å²) in [7, 11) is -2.00. The Morgan fingerprint density at radius 2 is 1.77 bits per heavy atom. The van der Waals surface area contributed by atoms with Gasteiger partial charge in [-0.1, -0.05) is 61.0 Å². The lowest BCUT2D eigenvalue weighted by Gasteiger charge is -2.36. The maximum Gasteiger partial charge on any atom is 0.258 e. The molecule has 0 fully saturated rings.